The van der Waals surface area contributed by atoms with Gasteiger partial charge in [-0.25, -0.2) is 17.9 Å². The molecule has 1 aromatic heterocycles. The van der Waals surface area contributed by atoms with Gasteiger partial charge in [-0.1, -0.05) is 12.1 Å². The molecule has 2 N–H and O–H groups in total. The van der Waals surface area contributed by atoms with E-state index in [4.69, 9.17) is 5.11 Å². The largest absolute Gasteiger partial charge is 0.477 e. The number of nitrogens with zero attached hydrogens (tertiary/aromatic N) is 2. The van der Waals surface area contributed by atoms with E-state index in [9.17, 15) is 13.2 Å². The molecule has 0 aliphatic heterocycles. The second kappa shape index (κ2) is 7.71. The number of aromatic nitrogens is 1. The Kier molecular flexibility index (Phi) is 5.86. The monoisotopic (exact) mass is 365 g/mol. The van der Waals surface area contributed by atoms with Gasteiger partial charge in [-0.3, -0.25) is 0 Å². The minimum Gasteiger partial charge on any atom is -0.477 e. The molecule has 0 bridgehead atoms. The van der Waals surface area contributed by atoms with Crippen LogP contribution in [0.1, 0.15) is 23.0 Å². The van der Waals surface area contributed by atoms with Gasteiger partial charge in [0.1, 0.15) is 10.6 Å². The zero-order chi connectivity index (χ0) is 18.6. The smallest absolute Gasteiger partial charge is 0.352 e. The Morgan fingerprint density at radius 1 is 1.32 bits per heavy atom. The van der Waals surface area contributed by atoms with E-state index in [2.05, 4.69) is 9.62 Å². The maximum atomic E-state index is 12.3. The molecular formula is C17H23N3O4S. The molecule has 0 fully saturated rings. The number of hydrogen-bond acceptors (Lipinski definition) is 4. The highest BCUT2D eigenvalue weighted by Crippen LogP contribution is 2.16. The molecule has 25 heavy (non-hydrogen) atoms. The van der Waals surface area contributed by atoms with E-state index in [-0.39, 0.29) is 17.1 Å². The van der Waals surface area contributed by atoms with Crippen molar-refractivity contribution in [1.29, 1.82) is 0 Å². The summed E-state index contributed by atoms with van der Waals surface area (Å²) in [4.78, 5) is 13.1. The first-order chi connectivity index (χ1) is 11.7. The Balaban J connectivity index is 2.04. The van der Waals surface area contributed by atoms with Crippen molar-refractivity contribution in [3.05, 3.63) is 47.8 Å². The predicted octanol–water partition coefficient (Wildman–Crippen LogP) is 1.84. The first-order valence-corrected chi connectivity index (χ1v) is 9.44. The molecule has 1 heterocycles. The average Bonchev–Trinajstić information content (AvgIpc) is 2.94. The van der Waals surface area contributed by atoms with E-state index in [1.54, 1.807) is 0 Å². The van der Waals surface area contributed by atoms with E-state index in [0.717, 1.165) is 23.9 Å². The van der Waals surface area contributed by atoms with Crippen molar-refractivity contribution in [2.24, 2.45) is 7.05 Å². The molecule has 0 radical (unpaired) electrons. The highest BCUT2D eigenvalue weighted by molar-refractivity contribution is 7.89. The third-order valence-electron chi connectivity index (χ3n) is 3.93. The van der Waals surface area contributed by atoms with Crippen LogP contribution in [0, 0.1) is 6.92 Å². The van der Waals surface area contributed by atoms with Gasteiger partial charge in [0.25, 0.3) is 0 Å². The van der Waals surface area contributed by atoms with E-state index in [1.165, 1.54) is 17.8 Å². The van der Waals surface area contributed by atoms with Crippen molar-refractivity contribution < 1.29 is 18.3 Å². The van der Waals surface area contributed by atoms with E-state index in [1.807, 2.05) is 38.1 Å². The van der Waals surface area contributed by atoms with Crippen LogP contribution in [0.3, 0.4) is 0 Å². The van der Waals surface area contributed by atoms with Crippen molar-refractivity contribution in [2.75, 3.05) is 24.5 Å². The number of aryl methyl sites for hydroxylation is 2. The number of likely N-dealkylation sites (N-methyl/N-ethyl adjacent to an activating group) is 1. The van der Waals surface area contributed by atoms with Crippen LogP contribution >= 0.6 is 0 Å². The van der Waals surface area contributed by atoms with Crippen molar-refractivity contribution in [2.45, 2.75) is 18.7 Å². The van der Waals surface area contributed by atoms with Crippen molar-refractivity contribution >= 4 is 21.7 Å². The molecule has 8 heteroatoms. The molecule has 1 aromatic carbocycles. The van der Waals surface area contributed by atoms with Gasteiger partial charge in [0, 0.05) is 38.6 Å². The molecular weight excluding hydrogens is 342 g/mol. The fourth-order valence-electron chi connectivity index (χ4n) is 2.59. The van der Waals surface area contributed by atoms with Crippen LogP contribution in [-0.4, -0.2) is 43.7 Å². The Morgan fingerprint density at radius 2 is 2.04 bits per heavy atom. The zero-order valence-electron chi connectivity index (χ0n) is 14.6. The van der Waals surface area contributed by atoms with Gasteiger partial charge < -0.3 is 14.6 Å². The molecule has 0 unspecified atom stereocenters. The fraction of sp³-hybridized carbons (Fsp3) is 0.353. The van der Waals surface area contributed by atoms with Crippen LogP contribution in [0.2, 0.25) is 0 Å². The number of hydrogen-bond donors (Lipinski definition) is 2. The maximum Gasteiger partial charge on any atom is 0.352 e. The predicted molar refractivity (Wildman–Crippen MR) is 96.6 cm³/mol. The Labute approximate surface area is 147 Å². The number of benzene rings is 1. The molecule has 0 aliphatic rings. The summed E-state index contributed by atoms with van der Waals surface area (Å²) in [5.74, 6) is -1.17. The highest BCUT2D eigenvalue weighted by Gasteiger charge is 2.20. The van der Waals surface area contributed by atoms with E-state index >= 15 is 0 Å². The molecule has 0 amide bonds. The Hall–Kier alpha value is -2.32. The lowest BCUT2D eigenvalue weighted by Gasteiger charge is -2.23. The SMILES string of the molecule is CCN(CCNS(=O)(=O)c1cc(C(=O)O)n(C)c1)c1cccc(C)c1. The van der Waals surface area contributed by atoms with Gasteiger partial charge in [-0.2, -0.15) is 0 Å². The molecule has 0 atom stereocenters. The van der Waals surface area contributed by atoms with Gasteiger partial charge in [0.05, 0.1) is 0 Å². The lowest BCUT2D eigenvalue weighted by atomic mass is 10.2. The van der Waals surface area contributed by atoms with Crippen molar-refractivity contribution in [3.8, 4) is 0 Å². The summed E-state index contributed by atoms with van der Waals surface area (Å²) in [5, 5.41) is 9.03. The van der Waals surface area contributed by atoms with Crippen LogP contribution in [0.15, 0.2) is 41.4 Å². The summed E-state index contributed by atoms with van der Waals surface area (Å²) in [6.45, 7) is 5.50. The average molecular weight is 365 g/mol. The highest BCUT2D eigenvalue weighted by atomic mass is 32.2. The van der Waals surface area contributed by atoms with Gasteiger partial charge in [0.2, 0.25) is 10.0 Å². The summed E-state index contributed by atoms with van der Waals surface area (Å²) in [6.07, 6.45) is 1.30. The van der Waals surface area contributed by atoms with Gasteiger partial charge in [-0.05, 0) is 37.6 Å². The number of sulfonamides is 1. The quantitative estimate of drug-likeness (QED) is 0.745. The van der Waals surface area contributed by atoms with Gasteiger partial charge in [-0.15, -0.1) is 0 Å². The second-order valence-electron chi connectivity index (χ2n) is 5.79. The number of nitrogens with one attached hydrogen (secondary N) is 1. The Bertz CT molecular complexity index is 859. The van der Waals surface area contributed by atoms with Crippen LogP contribution in [0.25, 0.3) is 0 Å². The van der Waals surface area contributed by atoms with Gasteiger partial charge in [0.15, 0.2) is 0 Å². The van der Waals surface area contributed by atoms with Gasteiger partial charge >= 0.3 is 5.97 Å². The first kappa shape index (κ1) is 19.0. The third kappa shape index (κ3) is 4.61. The number of rotatable bonds is 8. The fourth-order valence-corrected chi connectivity index (χ4v) is 3.68. The molecule has 0 saturated heterocycles. The normalized spacial score (nSPS) is 11.5. The van der Waals surface area contributed by atoms with Crippen LogP contribution in [-0.2, 0) is 17.1 Å². The topological polar surface area (TPSA) is 91.6 Å². The zero-order valence-corrected chi connectivity index (χ0v) is 15.4. The summed E-state index contributed by atoms with van der Waals surface area (Å²) >= 11 is 0. The molecule has 136 valence electrons. The van der Waals surface area contributed by atoms with E-state index < -0.39 is 16.0 Å². The van der Waals surface area contributed by atoms with Crippen molar-refractivity contribution in [1.82, 2.24) is 9.29 Å². The number of anilines is 1. The first-order valence-electron chi connectivity index (χ1n) is 7.95. The third-order valence-corrected chi connectivity index (χ3v) is 5.36. The number of carbonyl (C=O) groups is 1. The summed E-state index contributed by atoms with van der Waals surface area (Å²) in [6, 6.07) is 9.17. The summed E-state index contributed by atoms with van der Waals surface area (Å²) < 4.78 is 28.5. The molecule has 0 aliphatic carbocycles. The number of carboxylic acids is 1. The maximum absolute atomic E-state index is 12.3. The second-order valence-corrected chi connectivity index (χ2v) is 7.56. The minimum absolute atomic E-state index is 0.0500. The lowest BCUT2D eigenvalue weighted by molar-refractivity contribution is 0.0686. The summed E-state index contributed by atoms with van der Waals surface area (Å²) in [7, 11) is -2.25. The molecule has 2 aromatic rings. The molecule has 0 saturated carbocycles. The Morgan fingerprint density at radius 3 is 2.60 bits per heavy atom. The van der Waals surface area contributed by atoms with Crippen LogP contribution < -0.4 is 9.62 Å². The lowest BCUT2D eigenvalue weighted by Crippen LogP contribution is -2.34. The molecule has 7 nitrogen and oxygen atoms in total. The standard InChI is InChI=1S/C17H23N3O4S/c1-4-20(14-7-5-6-13(2)10-14)9-8-18-25(23,24)15-11-16(17(21)22)19(3)12-15/h5-7,10-12,18H,4,8-9H2,1-3H3,(H,21,22). The molecule has 2 rings (SSSR count). The van der Waals surface area contributed by atoms with E-state index in [0.29, 0.717) is 6.54 Å². The molecule has 0 spiro atoms. The van der Waals surface area contributed by atoms with Crippen LogP contribution in [0.5, 0.6) is 0 Å². The number of aromatic carboxylic acids is 1. The minimum atomic E-state index is -3.75. The van der Waals surface area contributed by atoms with Crippen LogP contribution in [0.4, 0.5) is 5.69 Å². The number of carboxylic acid groups (broad SMARTS) is 1. The summed E-state index contributed by atoms with van der Waals surface area (Å²) in [5.41, 5.74) is 2.10. The van der Waals surface area contributed by atoms with Crippen molar-refractivity contribution in [3.63, 3.8) is 0 Å².